The highest BCUT2D eigenvalue weighted by Gasteiger charge is 2.03. The van der Waals surface area contributed by atoms with Gasteiger partial charge in [0.15, 0.2) is 0 Å². The highest BCUT2D eigenvalue weighted by atomic mass is 14.2. The van der Waals surface area contributed by atoms with Crippen LogP contribution in [0, 0.1) is 22.7 Å². The molecule has 0 radical (unpaired) electrons. The van der Waals surface area contributed by atoms with Gasteiger partial charge in [-0.15, -0.1) is 0 Å². The van der Waals surface area contributed by atoms with Gasteiger partial charge in [0.1, 0.15) is 0 Å². The fourth-order valence-electron chi connectivity index (χ4n) is 1.56. The van der Waals surface area contributed by atoms with Crippen molar-refractivity contribution in [1.82, 2.24) is 0 Å². The Hall–Kier alpha value is -1.80. The maximum atomic E-state index is 8.76. The second-order valence-electron chi connectivity index (χ2n) is 3.53. The molecular formula is C13H14N2. The maximum Gasteiger partial charge on any atom is 0.0991 e. The van der Waals surface area contributed by atoms with Crippen molar-refractivity contribution in [3.05, 3.63) is 34.9 Å². The zero-order valence-electron chi connectivity index (χ0n) is 8.95. The second kappa shape index (κ2) is 5.83. The van der Waals surface area contributed by atoms with Gasteiger partial charge in [-0.2, -0.15) is 10.5 Å². The van der Waals surface area contributed by atoms with Crippen LogP contribution in [-0.4, -0.2) is 0 Å². The topological polar surface area (TPSA) is 47.6 Å². The summed E-state index contributed by atoms with van der Waals surface area (Å²) in [5.74, 6) is 0. The first-order valence-electron chi connectivity index (χ1n) is 5.20. The normalized spacial score (nSPS) is 9.27. The third kappa shape index (κ3) is 3.11. The first kappa shape index (κ1) is 11.3. The van der Waals surface area contributed by atoms with Crippen LogP contribution in [0.4, 0.5) is 0 Å². The lowest BCUT2D eigenvalue weighted by atomic mass is 9.98. The monoisotopic (exact) mass is 198 g/mol. The highest BCUT2D eigenvalue weighted by molar-refractivity contribution is 5.39. The summed E-state index contributed by atoms with van der Waals surface area (Å²) in [7, 11) is 0. The van der Waals surface area contributed by atoms with Crippen molar-refractivity contribution in [3.63, 3.8) is 0 Å². The van der Waals surface area contributed by atoms with E-state index in [0.29, 0.717) is 12.0 Å². The summed E-state index contributed by atoms with van der Waals surface area (Å²) in [5, 5.41) is 17.5. The molecule has 0 aliphatic rings. The van der Waals surface area contributed by atoms with Gasteiger partial charge in [0.25, 0.3) is 0 Å². The summed E-state index contributed by atoms with van der Waals surface area (Å²) in [6, 6.07) is 9.87. The Labute approximate surface area is 90.8 Å². The van der Waals surface area contributed by atoms with E-state index in [4.69, 9.17) is 10.5 Å². The molecule has 0 unspecified atom stereocenters. The molecule has 0 bridgehead atoms. The van der Waals surface area contributed by atoms with Gasteiger partial charge in [0.2, 0.25) is 0 Å². The van der Waals surface area contributed by atoms with Gasteiger partial charge in [-0.1, -0.05) is 19.4 Å². The van der Waals surface area contributed by atoms with Crippen LogP contribution in [-0.2, 0) is 12.8 Å². The molecule has 0 N–H and O–H groups in total. The van der Waals surface area contributed by atoms with E-state index in [9.17, 15) is 0 Å². The Bertz CT molecular complexity index is 408. The number of nitrogens with zero attached hydrogens (tertiary/aromatic N) is 2. The molecular weight excluding hydrogens is 184 g/mol. The van der Waals surface area contributed by atoms with E-state index in [1.165, 1.54) is 5.56 Å². The van der Waals surface area contributed by atoms with Crippen molar-refractivity contribution >= 4 is 0 Å². The molecule has 0 aliphatic carbocycles. The fraction of sp³-hybridized carbons (Fsp3) is 0.385. The molecule has 2 heteroatoms. The van der Waals surface area contributed by atoms with Gasteiger partial charge < -0.3 is 0 Å². The Morgan fingerprint density at radius 2 is 2.00 bits per heavy atom. The predicted octanol–water partition coefficient (Wildman–Crippen LogP) is 2.97. The Morgan fingerprint density at radius 1 is 1.20 bits per heavy atom. The molecule has 0 aliphatic heterocycles. The SMILES string of the molecule is CCCCc1ccc(C#N)cc1CC#N. The molecule has 0 heterocycles. The first-order valence-corrected chi connectivity index (χ1v) is 5.20. The number of hydrogen-bond donors (Lipinski definition) is 0. The number of unbranched alkanes of at least 4 members (excludes halogenated alkanes) is 1. The van der Waals surface area contributed by atoms with E-state index in [1.54, 1.807) is 0 Å². The van der Waals surface area contributed by atoms with E-state index in [-0.39, 0.29) is 0 Å². The van der Waals surface area contributed by atoms with Crippen molar-refractivity contribution in [2.24, 2.45) is 0 Å². The highest BCUT2D eigenvalue weighted by Crippen LogP contribution is 2.15. The van der Waals surface area contributed by atoms with Crippen molar-refractivity contribution < 1.29 is 0 Å². The lowest BCUT2D eigenvalue weighted by Crippen LogP contribution is -1.94. The zero-order valence-corrected chi connectivity index (χ0v) is 8.95. The molecule has 1 aromatic rings. The van der Waals surface area contributed by atoms with Crippen molar-refractivity contribution in [3.8, 4) is 12.1 Å². The number of nitriles is 2. The van der Waals surface area contributed by atoms with Gasteiger partial charge in [0.05, 0.1) is 24.1 Å². The molecule has 0 atom stereocenters. The van der Waals surface area contributed by atoms with Crippen LogP contribution >= 0.6 is 0 Å². The van der Waals surface area contributed by atoms with E-state index >= 15 is 0 Å². The molecule has 1 rings (SSSR count). The van der Waals surface area contributed by atoms with Gasteiger partial charge in [-0.3, -0.25) is 0 Å². The maximum absolute atomic E-state index is 8.76. The van der Waals surface area contributed by atoms with Crippen molar-refractivity contribution in [2.45, 2.75) is 32.6 Å². The smallest absolute Gasteiger partial charge is 0.0991 e. The van der Waals surface area contributed by atoms with Gasteiger partial charge >= 0.3 is 0 Å². The number of hydrogen-bond acceptors (Lipinski definition) is 2. The number of rotatable bonds is 4. The number of aryl methyl sites for hydroxylation is 1. The van der Waals surface area contributed by atoms with Crippen LogP contribution in [0.15, 0.2) is 18.2 Å². The minimum Gasteiger partial charge on any atom is -0.198 e. The Kier molecular flexibility index (Phi) is 4.38. The van der Waals surface area contributed by atoms with Gasteiger partial charge in [-0.05, 0) is 36.1 Å². The molecule has 0 fully saturated rings. The molecule has 76 valence electrons. The average Bonchev–Trinajstić information content (AvgIpc) is 2.27. The lowest BCUT2D eigenvalue weighted by Gasteiger charge is -2.06. The van der Waals surface area contributed by atoms with E-state index in [1.807, 2.05) is 18.2 Å². The molecule has 15 heavy (non-hydrogen) atoms. The zero-order chi connectivity index (χ0) is 11.1. The summed E-state index contributed by atoms with van der Waals surface area (Å²) in [6.45, 7) is 2.15. The minimum absolute atomic E-state index is 0.397. The molecule has 0 saturated carbocycles. The van der Waals surface area contributed by atoms with Crippen LogP contribution < -0.4 is 0 Å². The quantitative estimate of drug-likeness (QED) is 0.746. The summed E-state index contributed by atoms with van der Waals surface area (Å²) >= 11 is 0. The van der Waals surface area contributed by atoms with E-state index in [2.05, 4.69) is 19.1 Å². The number of benzene rings is 1. The summed E-state index contributed by atoms with van der Waals surface area (Å²) < 4.78 is 0. The summed E-state index contributed by atoms with van der Waals surface area (Å²) in [6.07, 6.45) is 3.67. The van der Waals surface area contributed by atoms with Gasteiger partial charge in [0, 0.05) is 0 Å². The van der Waals surface area contributed by atoms with Crippen LogP contribution in [0.1, 0.15) is 36.5 Å². The van der Waals surface area contributed by atoms with Crippen LogP contribution in [0.3, 0.4) is 0 Å². The largest absolute Gasteiger partial charge is 0.198 e. The van der Waals surface area contributed by atoms with Gasteiger partial charge in [-0.25, -0.2) is 0 Å². The first-order chi connectivity index (χ1) is 7.31. The summed E-state index contributed by atoms with van der Waals surface area (Å²) in [5.41, 5.74) is 2.85. The molecule has 0 amide bonds. The predicted molar refractivity (Wildman–Crippen MR) is 59.1 cm³/mol. The fourth-order valence-corrected chi connectivity index (χ4v) is 1.56. The standard InChI is InChI=1S/C13H14N2/c1-2-3-4-12-6-5-11(10-15)9-13(12)7-8-14/h5-6,9H,2-4,7H2,1H3. The minimum atomic E-state index is 0.397. The van der Waals surface area contributed by atoms with Crippen molar-refractivity contribution in [2.75, 3.05) is 0 Å². The lowest BCUT2D eigenvalue weighted by molar-refractivity contribution is 0.789. The second-order valence-corrected chi connectivity index (χ2v) is 3.53. The van der Waals surface area contributed by atoms with Crippen LogP contribution in [0.25, 0.3) is 0 Å². The molecule has 0 aromatic heterocycles. The third-order valence-corrected chi connectivity index (χ3v) is 2.40. The molecule has 0 spiro atoms. The van der Waals surface area contributed by atoms with E-state index in [0.717, 1.165) is 24.8 Å². The Balaban J connectivity index is 2.95. The van der Waals surface area contributed by atoms with Crippen LogP contribution in [0.2, 0.25) is 0 Å². The van der Waals surface area contributed by atoms with Crippen molar-refractivity contribution in [1.29, 1.82) is 10.5 Å². The average molecular weight is 198 g/mol. The van der Waals surface area contributed by atoms with E-state index < -0.39 is 0 Å². The molecule has 1 aromatic carbocycles. The molecule has 2 nitrogen and oxygen atoms in total. The van der Waals surface area contributed by atoms with Crippen LogP contribution in [0.5, 0.6) is 0 Å². The molecule has 0 saturated heterocycles. The third-order valence-electron chi connectivity index (χ3n) is 2.40. The summed E-state index contributed by atoms with van der Waals surface area (Å²) in [4.78, 5) is 0. The Morgan fingerprint density at radius 3 is 2.60 bits per heavy atom.